The van der Waals surface area contributed by atoms with E-state index in [2.05, 4.69) is 32.6 Å². The van der Waals surface area contributed by atoms with E-state index in [-0.39, 0.29) is 5.91 Å². The lowest BCUT2D eigenvalue weighted by Gasteiger charge is -2.34. The van der Waals surface area contributed by atoms with Crippen molar-refractivity contribution in [3.05, 3.63) is 77.1 Å². The average Bonchev–Trinajstić information content (AvgIpc) is 3.66. The summed E-state index contributed by atoms with van der Waals surface area (Å²) in [4.78, 5) is 27.1. The monoisotopic (exact) mass is 485 g/mol. The predicted octanol–water partition coefficient (Wildman–Crippen LogP) is 4.87. The van der Waals surface area contributed by atoms with Crippen molar-refractivity contribution < 1.29 is 13.7 Å². The van der Waals surface area contributed by atoms with Crippen molar-refractivity contribution in [3.63, 3.8) is 0 Å². The molecule has 5 aromatic rings. The summed E-state index contributed by atoms with van der Waals surface area (Å²) in [6.07, 6.45) is 1.58. The molecule has 0 radical (unpaired) electrons. The summed E-state index contributed by atoms with van der Waals surface area (Å²) in [5.41, 5.74) is 4.29. The van der Waals surface area contributed by atoms with Crippen LogP contribution in [0.4, 0.5) is 0 Å². The topological polar surface area (TPSA) is 88.5 Å². The molecule has 1 aliphatic rings. The number of fused-ring (bicyclic) bond motifs is 1. The van der Waals surface area contributed by atoms with Crippen molar-refractivity contribution in [1.29, 1.82) is 0 Å². The SMILES string of the molecule is Cc1noc2nc(-c3ccco3)cc(C(=O)N3CCN(Cc4csc(-c5ccccc5)n4)CC3)c12. The van der Waals surface area contributed by atoms with Gasteiger partial charge in [-0.25, -0.2) is 9.97 Å². The van der Waals surface area contributed by atoms with Gasteiger partial charge in [0.15, 0.2) is 5.76 Å². The van der Waals surface area contributed by atoms with Gasteiger partial charge in [0.1, 0.15) is 10.7 Å². The van der Waals surface area contributed by atoms with Crippen molar-refractivity contribution >= 4 is 28.3 Å². The van der Waals surface area contributed by atoms with E-state index in [0.29, 0.717) is 46.9 Å². The van der Waals surface area contributed by atoms with Gasteiger partial charge < -0.3 is 13.8 Å². The molecule has 0 saturated carbocycles. The highest BCUT2D eigenvalue weighted by Gasteiger charge is 2.27. The minimum absolute atomic E-state index is 0.0452. The molecule has 1 fully saturated rings. The number of piperazine rings is 1. The number of benzene rings is 1. The second-order valence-electron chi connectivity index (χ2n) is 8.56. The van der Waals surface area contributed by atoms with Crippen molar-refractivity contribution in [1.82, 2.24) is 24.9 Å². The molecule has 8 nitrogen and oxygen atoms in total. The average molecular weight is 486 g/mol. The highest BCUT2D eigenvalue weighted by atomic mass is 32.1. The predicted molar refractivity (Wildman–Crippen MR) is 133 cm³/mol. The lowest BCUT2D eigenvalue weighted by molar-refractivity contribution is 0.0629. The zero-order chi connectivity index (χ0) is 23.8. The quantitative estimate of drug-likeness (QED) is 0.351. The van der Waals surface area contributed by atoms with Crippen molar-refractivity contribution in [3.8, 4) is 22.0 Å². The Morgan fingerprint density at radius 3 is 2.66 bits per heavy atom. The molecule has 0 bridgehead atoms. The number of carbonyl (C=O) groups excluding carboxylic acids is 1. The molecule has 0 spiro atoms. The first-order chi connectivity index (χ1) is 17.2. The van der Waals surface area contributed by atoms with Gasteiger partial charge in [-0.2, -0.15) is 0 Å². The van der Waals surface area contributed by atoms with Crippen LogP contribution in [-0.2, 0) is 6.54 Å². The lowest BCUT2D eigenvalue weighted by atomic mass is 10.1. The fourth-order valence-corrected chi connectivity index (χ4v) is 5.23. The number of carbonyl (C=O) groups is 1. The maximum absolute atomic E-state index is 13.6. The molecule has 0 atom stereocenters. The van der Waals surface area contributed by atoms with E-state index >= 15 is 0 Å². The molecule has 1 aliphatic heterocycles. The van der Waals surface area contributed by atoms with Crippen LogP contribution in [-0.4, -0.2) is 57.0 Å². The summed E-state index contributed by atoms with van der Waals surface area (Å²) >= 11 is 1.67. The van der Waals surface area contributed by atoms with E-state index in [1.165, 1.54) is 0 Å². The van der Waals surface area contributed by atoms with Crippen LogP contribution in [0, 0.1) is 6.92 Å². The van der Waals surface area contributed by atoms with E-state index in [9.17, 15) is 4.79 Å². The van der Waals surface area contributed by atoms with Crippen LogP contribution in [0.15, 0.2) is 69.1 Å². The van der Waals surface area contributed by atoms with E-state index in [0.717, 1.165) is 35.9 Å². The Labute approximate surface area is 205 Å². The molecule has 0 aliphatic carbocycles. The van der Waals surface area contributed by atoms with E-state index in [1.807, 2.05) is 36.1 Å². The molecule has 4 aromatic heterocycles. The Balaban J connectivity index is 1.16. The molecule has 1 aromatic carbocycles. The van der Waals surface area contributed by atoms with Crippen LogP contribution in [0.25, 0.3) is 33.1 Å². The van der Waals surface area contributed by atoms with Gasteiger partial charge in [0.05, 0.1) is 28.6 Å². The second-order valence-corrected chi connectivity index (χ2v) is 9.42. The number of aromatic nitrogens is 3. The van der Waals surface area contributed by atoms with Gasteiger partial charge in [0, 0.05) is 43.7 Å². The maximum Gasteiger partial charge on any atom is 0.259 e. The van der Waals surface area contributed by atoms with Crippen LogP contribution in [0.5, 0.6) is 0 Å². The highest BCUT2D eigenvalue weighted by Crippen LogP contribution is 2.29. The van der Waals surface area contributed by atoms with Crippen LogP contribution < -0.4 is 0 Å². The van der Waals surface area contributed by atoms with Gasteiger partial charge >= 0.3 is 0 Å². The number of hydrogen-bond acceptors (Lipinski definition) is 8. The van der Waals surface area contributed by atoms with Crippen molar-refractivity contribution in [2.75, 3.05) is 26.2 Å². The third-order valence-corrected chi connectivity index (χ3v) is 7.18. The highest BCUT2D eigenvalue weighted by molar-refractivity contribution is 7.13. The van der Waals surface area contributed by atoms with Crippen LogP contribution in [0.1, 0.15) is 21.7 Å². The molecule has 9 heteroatoms. The van der Waals surface area contributed by atoms with Gasteiger partial charge in [0.25, 0.3) is 11.6 Å². The molecular weight excluding hydrogens is 462 g/mol. The Bertz CT molecular complexity index is 1470. The van der Waals surface area contributed by atoms with Gasteiger partial charge in [-0.15, -0.1) is 11.3 Å². The first-order valence-electron chi connectivity index (χ1n) is 11.5. The Morgan fingerprint density at radius 1 is 1.06 bits per heavy atom. The summed E-state index contributed by atoms with van der Waals surface area (Å²) in [5, 5.41) is 7.85. The van der Waals surface area contributed by atoms with Crippen LogP contribution in [0.2, 0.25) is 0 Å². The standard InChI is InChI=1S/C26H23N5O3S/c1-17-23-20(14-21(22-8-5-13-33-22)28-24(23)34-29-17)26(32)31-11-9-30(10-12-31)15-19-16-35-25(27-19)18-6-3-2-4-7-18/h2-8,13-14,16H,9-12,15H2,1H3. The molecule has 0 N–H and O–H groups in total. The number of nitrogens with zero attached hydrogens (tertiary/aromatic N) is 5. The van der Waals surface area contributed by atoms with Crippen LogP contribution >= 0.6 is 11.3 Å². The molecule has 1 saturated heterocycles. The summed E-state index contributed by atoms with van der Waals surface area (Å²) in [5.74, 6) is 0.536. The van der Waals surface area contributed by atoms with Gasteiger partial charge in [-0.3, -0.25) is 9.69 Å². The molecule has 6 rings (SSSR count). The van der Waals surface area contributed by atoms with Crippen molar-refractivity contribution in [2.45, 2.75) is 13.5 Å². The molecule has 35 heavy (non-hydrogen) atoms. The van der Waals surface area contributed by atoms with Gasteiger partial charge in [0.2, 0.25) is 0 Å². The summed E-state index contributed by atoms with van der Waals surface area (Å²) in [7, 11) is 0. The summed E-state index contributed by atoms with van der Waals surface area (Å²) < 4.78 is 10.9. The zero-order valence-corrected chi connectivity index (χ0v) is 20.0. The Hall–Kier alpha value is -3.82. The lowest BCUT2D eigenvalue weighted by Crippen LogP contribution is -2.48. The zero-order valence-electron chi connectivity index (χ0n) is 19.2. The normalized spacial score (nSPS) is 14.6. The number of thiazole rings is 1. The molecule has 0 unspecified atom stereocenters. The summed E-state index contributed by atoms with van der Waals surface area (Å²) in [6, 6.07) is 15.6. The minimum Gasteiger partial charge on any atom is -0.463 e. The van der Waals surface area contributed by atoms with Crippen LogP contribution in [0.3, 0.4) is 0 Å². The minimum atomic E-state index is -0.0452. The third-order valence-electron chi connectivity index (χ3n) is 6.24. The second kappa shape index (κ2) is 9.09. The maximum atomic E-state index is 13.6. The molecule has 1 amide bonds. The van der Waals surface area contributed by atoms with E-state index in [4.69, 9.17) is 13.9 Å². The number of furan rings is 1. The number of hydrogen-bond donors (Lipinski definition) is 0. The van der Waals surface area contributed by atoms with E-state index < -0.39 is 0 Å². The largest absolute Gasteiger partial charge is 0.463 e. The number of rotatable bonds is 5. The Kier molecular flexibility index (Phi) is 5.63. The number of aryl methyl sites for hydroxylation is 1. The smallest absolute Gasteiger partial charge is 0.259 e. The first-order valence-corrected chi connectivity index (χ1v) is 12.4. The van der Waals surface area contributed by atoms with E-state index in [1.54, 1.807) is 29.7 Å². The first kappa shape index (κ1) is 21.7. The molecular formula is C26H23N5O3S. The number of pyridine rings is 1. The van der Waals surface area contributed by atoms with Crippen molar-refractivity contribution in [2.24, 2.45) is 0 Å². The molecule has 5 heterocycles. The fourth-order valence-electron chi connectivity index (χ4n) is 4.42. The number of amides is 1. The van der Waals surface area contributed by atoms with Gasteiger partial charge in [-0.1, -0.05) is 35.5 Å². The third kappa shape index (κ3) is 4.24. The van der Waals surface area contributed by atoms with Gasteiger partial charge in [-0.05, 0) is 25.1 Å². The molecule has 176 valence electrons. The fraction of sp³-hybridized carbons (Fsp3) is 0.231. The summed E-state index contributed by atoms with van der Waals surface area (Å²) in [6.45, 7) is 5.44. The Morgan fingerprint density at radius 2 is 1.89 bits per heavy atom.